The van der Waals surface area contributed by atoms with Gasteiger partial charge in [0.05, 0.1) is 12.7 Å². The minimum atomic E-state index is 0.820. The number of hydrogen-bond acceptors (Lipinski definition) is 4. The van der Waals surface area contributed by atoms with Gasteiger partial charge in [-0.15, -0.1) is 0 Å². The van der Waals surface area contributed by atoms with Gasteiger partial charge in [-0.1, -0.05) is 37.3 Å². The van der Waals surface area contributed by atoms with Crippen LogP contribution in [0.4, 0.5) is 0 Å². The van der Waals surface area contributed by atoms with Crippen LogP contribution in [0.3, 0.4) is 0 Å². The largest absolute Gasteiger partial charge is 0.439 e. The smallest absolute Gasteiger partial charge is 0.209 e. The second kappa shape index (κ2) is 7.56. The van der Waals surface area contributed by atoms with Crippen molar-refractivity contribution in [1.82, 2.24) is 15.2 Å². The van der Waals surface area contributed by atoms with Crippen LogP contribution in [0.1, 0.15) is 25.7 Å². The zero-order valence-corrected chi connectivity index (χ0v) is 13.3. The van der Waals surface area contributed by atoms with Crippen molar-refractivity contribution in [1.29, 1.82) is 0 Å². The summed E-state index contributed by atoms with van der Waals surface area (Å²) in [6, 6.07) is 10.2. The third kappa shape index (κ3) is 3.96. The van der Waals surface area contributed by atoms with Crippen LogP contribution in [-0.2, 0) is 6.54 Å². The SMILES string of the molecule is CCNCC1CCN(Cc2ncc(-c3ccccc3)o2)CC1. The summed E-state index contributed by atoms with van der Waals surface area (Å²) < 4.78 is 5.90. The number of piperidine rings is 1. The molecular formula is C18H25N3O. The summed E-state index contributed by atoms with van der Waals surface area (Å²) in [5, 5.41) is 3.45. The molecule has 4 nitrogen and oxygen atoms in total. The number of benzene rings is 1. The van der Waals surface area contributed by atoms with Crippen LogP contribution in [0.25, 0.3) is 11.3 Å². The summed E-state index contributed by atoms with van der Waals surface area (Å²) in [6.45, 7) is 7.49. The van der Waals surface area contributed by atoms with E-state index >= 15 is 0 Å². The van der Waals surface area contributed by atoms with Gasteiger partial charge in [0, 0.05) is 5.56 Å². The van der Waals surface area contributed by atoms with E-state index in [0.29, 0.717) is 0 Å². The topological polar surface area (TPSA) is 41.3 Å². The van der Waals surface area contributed by atoms with E-state index in [1.54, 1.807) is 0 Å². The van der Waals surface area contributed by atoms with Gasteiger partial charge in [0.25, 0.3) is 0 Å². The molecule has 1 saturated heterocycles. The summed E-state index contributed by atoms with van der Waals surface area (Å²) in [5.41, 5.74) is 1.09. The third-order valence-corrected chi connectivity index (χ3v) is 4.36. The molecule has 0 spiro atoms. The van der Waals surface area contributed by atoms with E-state index in [-0.39, 0.29) is 0 Å². The van der Waals surface area contributed by atoms with E-state index in [1.807, 2.05) is 24.4 Å². The Labute approximate surface area is 132 Å². The Bertz CT molecular complexity index is 559. The van der Waals surface area contributed by atoms with Crippen molar-refractivity contribution in [2.45, 2.75) is 26.3 Å². The first kappa shape index (κ1) is 15.3. The predicted molar refractivity (Wildman–Crippen MR) is 88.5 cm³/mol. The molecule has 0 amide bonds. The Kier molecular flexibility index (Phi) is 5.24. The minimum absolute atomic E-state index is 0.820. The van der Waals surface area contributed by atoms with Gasteiger partial charge in [-0.2, -0.15) is 0 Å². The summed E-state index contributed by atoms with van der Waals surface area (Å²) in [5.74, 6) is 2.50. The maximum absolute atomic E-state index is 5.90. The molecule has 1 fully saturated rings. The molecule has 118 valence electrons. The Morgan fingerprint density at radius 3 is 2.73 bits per heavy atom. The van der Waals surface area contributed by atoms with Gasteiger partial charge >= 0.3 is 0 Å². The molecule has 4 heteroatoms. The highest BCUT2D eigenvalue weighted by molar-refractivity contribution is 5.55. The van der Waals surface area contributed by atoms with E-state index in [9.17, 15) is 0 Å². The highest BCUT2D eigenvalue weighted by Gasteiger charge is 2.20. The minimum Gasteiger partial charge on any atom is -0.439 e. The highest BCUT2D eigenvalue weighted by atomic mass is 16.4. The lowest BCUT2D eigenvalue weighted by Gasteiger charge is -2.31. The Balaban J connectivity index is 1.51. The van der Waals surface area contributed by atoms with Crippen LogP contribution >= 0.6 is 0 Å². The number of nitrogens with one attached hydrogen (secondary N) is 1. The molecule has 1 aliphatic heterocycles. The monoisotopic (exact) mass is 299 g/mol. The van der Waals surface area contributed by atoms with Crippen molar-refractivity contribution in [3.63, 3.8) is 0 Å². The Morgan fingerprint density at radius 1 is 1.23 bits per heavy atom. The van der Waals surface area contributed by atoms with Crippen LogP contribution in [0.15, 0.2) is 40.9 Å². The van der Waals surface area contributed by atoms with Crippen molar-refractivity contribution in [3.8, 4) is 11.3 Å². The molecule has 3 rings (SSSR count). The first-order valence-electron chi connectivity index (χ1n) is 8.28. The quantitative estimate of drug-likeness (QED) is 0.889. The molecule has 0 radical (unpaired) electrons. The number of oxazole rings is 1. The molecule has 0 atom stereocenters. The Morgan fingerprint density at radius 2 is 2.00 bits per heavy atom. The van der Waals surface area contributed by atoms with Crippen molar-refractivity contribution in [2.24, 2.45) is 5.92 Å². The number of hydrogen-bond donors (Lipinski definition) is 1. The van der Waals surface area contributed by atoms with Gasteiger partial charge in [-0.3, -0.25) is 4.90 Å². The number of aromatic nitrogens is 1. The van der Waals surface area contributed by atoms with E-state index in [4.69, 9.17) is 4.42 Å². The maximum atomic E-state index is 5.90. The van der Waals surface area contributed by atoms with E-state index in [0.717, 1.165) is 55.9 Å². The van der Waals surface area contributed by atoms with Gasteiger partial charge in [-0.05, 0) is 44.9 Å². The molecule has 1 aromatic heterocycles. The fourth-order valence-corrected chi connectivity index (χ4v) is 3.01. The molecule has 22 heavy (non-hydrogen) atoms. The predicted octanol–water partition coefficient (Wildman–Crippen LogP) is 3.16. The zero-order chi connectivity index (χ0) is 15.2. The normalized spacial score (nSPS) is 17.0. The molecule has 2 aromatic rings. The van der Waals surface area contributed by atoms with E-state index in [2.05, 4.69) is 34.3 Å². The van der Waals surface area contributed by atoms with Gasteiger partial charge < -0.3 is 9.73 Å². The van der Waals surface area contributed by atoms with Gasteiger partial charge in [0.1, 0.15) is 0 Å². The van der Waals surface area contributed by atoms with Gasteiger partial charge in [-0.25, -0.2) is 4.98 Å². The molecule has 0 aliphatic carbocycles. The van der Waals surface area contributed by atoms with Gasteiger partial charge in [0.2, 0.25) is 5.89 Å². The van der Waals surface area contributed by atoms with Crippen molar-refractivity contribution in [3.05, 3.63) is 42.4 Å². The van der Waals surface area contributed by atoms with Crippen LogP contribution in [0.5, 0.6) is 0 Å². The molecule has 0 saturated carbocycles. The van der Waals surface area contributed by atoms with Crippen molar-refractivity contribution < 1.29 is 4.42 Å². The molecule has 0 bridgehead atoms. The van der Waals surface area contributed by atoms with E-state index < -0.39 is 0 Å². The standard InChI is InChI=1S/C18H25N3O/c1-2-19-12-15-8-10-21(11-9-15)14-18-20-13-17(22-18)16-6-4-3-5-7-16/h3-7,13,15,19H,2,8-12,14H2,1H3. The lowest BCUT2D eigenvalue weighted by molar-refractivity contribution is 0.163. The molecule has 1 N–H and O–H groups in total. The molecule has 1 aliphatic rings. The summed E-state index contributed by atoms with van der Waals surface area (Å²) in [4.78, 5) is 6.88. The second-order valence-electron chi connectivity index (χ2n) is 6.01. The highest BCUT2D eigenvalue weighted by Crippen LogP contribution is 2.22. The summed E-state index contributed by atoms with van der Waals surface area (Å²) in [7, 11) is 0. The molecule has 1 aromatic carbocycles. The molecule has 2 heterocycles. The Hall–Kier alpha value is -1.65. The number of rotatable bonds is 6. The fourth-order valence-electron chi connectivity index (χ4n) is 3.01. The van der Waals surface area contributed by atoms with Gasteiger partial charge in [0.15, 0.2) is 5.76 Å². The summed E-state index contributed by atoms with van der Waals surface area (Å²) in [6.07, 6.45) is 4.36. The maximum Gasteiger partial charge on any atom is 0.209 e. The average molecular weight is 299 g/mol. The first-order chi connectivity index (χ1) is 10.8. The van der Waals surface area contributed by atoms with Crippen molar-refractivity contribution in [2.75, 3.05) is 26.2 Å². The number of nitrogens with zero attached hydrogens (tertiary/aromatic N) is 2. The van der Waals surface area contributed by atoms with E-state index in [1.165, 1.54) is 12.8 Å². The van der Waals surface area contributed by atoms with Crippen LogP contribution in [0, 0.1) is 5.92 Å². The average Bonchev–Trinajstić information content (AvgIpc) is 3.04. The number of likely N-dealkylation sites (tertiary alicyclic amines) is 1. The lowest BCUT2D eigenvalue weighted by Crippen LogP contribution is -2.36. The van der Waals surface area contributed by atoms with Crippen LogP contribution < -0.4 is 5.32 Å². The first-order valence-corrected chi connectivity index (χ1v) is 8.28. The molecule has 0 unspecified atom stereocenters. The lowest BCUT2D eigenvalue weighted by atomic mass is 9.97. The molecular weight excluding hydrogens is 274 g/mol. The van der Waals surface area contributed by atoms with Crippen molar-refractivity contribution >= 4 is 0 Å². The third-order valence-electron chi connectivity index (χ3n) is 4.36. The fraction of sp³-hybridized carbons (Fsp3) is 0.500. The zero-order valence-electron chi connectivity index (χ0n) is 13.3. The van der Waals surface area contributed by atoms with Crippen LogP contribution in [0.2, 0.25) is 0 Å². The summed E-state index contributed by atoms with van der Waals surface area (Å²) >= 11 is 0. The second-order valence-corrected chi connectivity index (χ2v) is 6.01. The van der Waals surface area contributed by atoms with Crippen LogP contribution in [-0.4, -0.2) is 36.1 Å².